The molecule has 0 spiro atoms. The topological polar surface area (TPSA) is 18.5 Å². The summed E-state index contributed by atoms with van der Waals surface area (Å²) in [4.78, 5) is 0. The van der Waals surface area contributed by atoms with Crippen molar-refractivity contribution in [2.24, 2.45) is 0 Å². The molecule has 1 heterocycles. The first kappa shape index (κ1) is 14.0. The summed E-state index contributed by atoms with van der Waals surface area (Å²) < 4.78 is 12.5. The van der Waals surface area contributed by atoms with E-state index in [2.05, 4.69) is 50.0 Å². The minimum Gasteiger partial charge on any atom is -0.458 e. The van der Waals surface area contributed by atoms with Gasteiger partial charge in [-0.25, -0.2) is 0 Å². The molecule has 1 saturated heterocycles. The number of hydrogen-bond acceptors (Lipinski definition) is 2. The van der Waals surface area contributed by atoms with Crippen molar-refractivity contribution in [2.75, 3.05) is 6.61 Å². The van der Waals surface area contributed by atoms with Crippen molar-refractivity contribution in [3.05, 3.63) is 35.9 Å². The largest absolute Gasteiger partial charge is 0.458 e. The van der Waals surface area contributed by atoms with Crippen LogP contribution in [0, 0.1) is 0 Å². The lowest BCUT2D eigenvalue weighted by Crippen LogP contribution is -2.44. The standard InChI is InChI=1S/C14H24O2Si2/c1-18(2,3)16-17-14(11-7-8-12-15-14)13-9-5-4-6-10-13/h4-6,9-10H,7-8,11-12,17H2,1-3H3. The summed E-state index contributed by atoms with van der Waals surface area (Å²) in [5.41, 5.74) is 1.33. The van der Waals surface area contributed by atoms with E-state index in [1.54, 1.807) is 0 Å². The van der Waals surface area contributed by atoms with E-state index in [-0.39, 0.29) is 5.22 Å². The molecule has 0 radical (unpaired) electrons. The molecule has 1 aromatic rings. The first-order valence-electron chi connectivity index (χ1n) is 6.85. The zero-order valence-corrected chi connectivity index (χ0v) is 14.2. The summed E-state index contributed by atoms with van der Waals surface area (Å²) in [5.74, 6) is 0. The maximum absolute atomic E-state index is 6.28. The van der Waals surface area contributed by atoms with Crippen molar-refractivity contribution in [3.63, 3.8) is 0 Å². The molecule has 0 aliphatic carbocycles. The molecule has 0 amide bonds. The molecule has 100 valence electrons. The van der Waals surface area contributed by atoms with Gasteiger partial charge in [-0.05, 0) is 44.5 Å². The predicted molar refractivity (Wildman–Crippen MR) is 80.9 cm³/mol. The van der Waals surface area contributed by atoms with Crippen molar-refractivity contribution in [3.8, 4) is 0 Å². The van der Waals surface area contributed by atoms with Gasteiger partial charge in [-0.1, -0.05) is 30.3 Å². The molecule has 0 aromatic heterocycles. The van der Waals surface area contributed by atoms with Crippen LogP contribution in [0.25, 0.3) is 0 Å². The smallest absolute Gasteiger partial charge is 0.185 e. The third-order valence-electron chi connectivity index (χ3n) is 3.39. The Labute approximate surface area is 114 Å². The minimum atomic E-state index is -1.44. The predicted octanol–water partition coefficient (Wildman–Crippen LogP) is 2.98. The molecule has 0 saturated carbocycles. The molecule has 0 bridgehead atoms. The van der Waals surface area contributed by atoms with Gasteiger partial charge in [0.15, 0.2) is 18.1 Å². The highest BCUT2D eigenvalue weighted by Gasteiger charge is 2.37. The van der Waals surface area contributed by atoms with Crippen molar-refractivity contribution in [2.45, 2.75) is 44.1 Å². The monoisotopic (exact) mass is 280 g/mol. The van der Waals surface area contributed by atoms with Gasteiger partial charge < -0.3 is 8.85 Å². The van der Waals surface area contributed by atoms with Gasteiger partial charge in [0.05, 0.1) is 0 Å². The van der Waals surface area contributed by atoms with Gasteiger partial charge >= 0.3 is 0 Å². The average molecular weight is 281 g/mol. The van der Waals surface area contributed by atoms with Gasteiger partial charge in [-0.3, -0.25) is 0 Å². The van der Waals surface area contributed by atoms with Crippen LogP contribution in [0.1, 0.15) is 24.8 Å². The SMILES string of the molecule is C[Si](C)(C)O[SiH2]C1(c2ccccc2)CCCCO1. The van der Waals surface area contributed by atoms with Gasteiger partial charge in [0, 0.05) is 6.61 Å². The highest BCUT2D eigenvalue weighted by molar-refractivity contribution is 6.74. The van der Waals surface area contributed by atoms with Crippen LogP contribution in [-0.4, -0.2) is 24.7 Å². The van der Waals surface area contributed by atoms with Crippen LogP contribution in [0.2, 0.25) is 19.6 Å². The highest BCUT2D eigenvalue weighted by Crippen LogP contribution is 2.34. The molecule has 1 aliphatic rings. The molecule has 0 N–H and O–H groups in total. The Hall–Kier alpha value is -0.426. The first-order chi connectivity index (χ1) is 8.52. The summed E-state index contributed by atoms with van der Waals surface area (Å²) in [6, 6.07) is 10.7. The first-order valence-corrected chi connectivity index (χ1v) is 11.5. The summed E-state index contributed by atoms with van der Waals surface area (Å²) in [6.07, 6.45) is 3.58. The van der Waals surface area contributed by atoms with Crippen LogP contribution in [0.5, 0.6) is 0 Å². The maximum Gasteiger partial charge on any atom is 0.185 e. The second-order valence-corrected chi connectivity index (χ2v) is 12.9. The van der Waals surface area contributed by atoms with Crippen LogP contribution in [0.15, 0.2) is 30.3 Å². The second kappa shape index (κ2) is 5.69. The molecule has 18 heavy (non-hydrogen) atoms. The van der Waals surface area contributed by atoms with Crippen molar-refractivity contribution < 1.29 is 8.85 Å². The fourth-order valence-electron chi connectivity index (χ4n) is 2.35. The van der Waals surface area contributed by atoms with E-state index in [4.69, 9.17) is 8.85 Å². The zero-order valence-electron chi connectivity index (χ0n) is 11.7. The number of hydrogen-bond donors (Lipinski definition) is 0. The third-order valence-corrected chi connectivity index (χ3v) is 8.87. The lowest BCUT2D eigenvalue weighted by molar-refractivity contribution is -0.0298. The Morgan fingerprint density at radius 2 is 1.89 bits per heavy atom. The van der Waals surface area contributed by atoms with E-state index >= 15 is 0 Å². The molecule has 1 aliphatic heterocycles. The van der Waals surface area contributed by atoms with E-state index in [1.807, 2.05) is 0 Å². The zero-order chi connectivity index (χ0) is 13.1. The normalized spacial score (nSPS) is 25.7. The number of benzene rings is 1. The van der Waals surface area contributed by atoms with Crippen molar-refractivity contribution in [1.82, 2.24) is 0 Å². The van der Waals surface area contributed by atoms with Gasteiger partial charge in [-0.15, -0.1) is 0 Å². The molecule has 4 heteroatoms. The Bertz CT molecular complexity index is 367. The van der Waals surface area contributed by atoms with Crippen LogP contribution >= 0.6 is 0 Å². The number of ether oxygens (including phenoxy) is 1. The van der Waals surface area contributed by atoms with Crippen molar-refractivity contribution >= 4 is 18.1 Å². The van der Waals surface area contributed by atoms with Gasteiger partial charge in [0.2, 0.25) is 0 Å². The van der Waals surface area contributed by atoms with E-state index in [0.29, 0.717) is 0 Å². The molecule has 1 fully saturated rings. The van der Waals surface area contributed by atoms with Crippen LogP contribution in [0.4, 0.5) is 0 Å². The molecule has 2 nitrogen and oxygen atoms in total. The molecule has 1 atom stereocenters. The van der Waals surface area contributed by atoms with Crippen LogP contribution < -0.4 is 0 Å². The minimum absolute atomic E-state index is 0.0697. The lowest BCUT2D eigenvalue weighted by atomic mass is 10.0. The third kappa shape index (κ3) is 3.54. The van der Waals surface area contributed by atoms with Crippen LogP contribution in [-0.2, 0) is 14.1 Å². The van der Waals surface area contributed by atoms with Crippen molar-refractivity contribution in [1.29, 1.82) is 0 Å². The molecular weight excluding hydrogens is 256 g/mol. The molecule has 1 unspecified atom stereocenters. The van der Waals surface area contributed by atoms with Gasteiger partial charge in [0.1, 0.15) is 5.22 Å². The van der Waals surface area contributed by atoms with Gasteiger partial charge in [0.25, 0.3) is 0 Å². The average Bonchev–Trinajstić information content (AvgIpc) is 2.38. The maximum atomic E-state index is 6.28. The summed E-state index contributed by atoms with van der Waals surface area (Å²) in [5, 5.41) is -0.0697. The number of rotatable bonds is 4. The van der Waals surface area contributed by atoms with E-state index in [0.717, 1.165) is 13.0 Å². The van der Waals surface area contributed by atoms with Gasteiger partial charge in [-0.2, -0.15) is 0 Å². The lowest BCUT2D eigenvalue weighted by Gasteiger charge is -2.39. The highest BCUT2D eigenvalue weighted by atomic mass is 28.4. The summed E-state index contributed by atoms with van der Waals surface area (Å²) in [6.45, 7) is 7.68. The Kier molecular flexibility index (Phi) is 4.43. The quantitative estimate of drug-likeness (QED) is 0.790. The van der Waals surface area contributed by atoms with E-state index < -0.39 is 18.1 Å². The molecule has 2 rings (SSSR count). The second-order valence-electron chi connectivity index (χ2n) is 6.07. The molecule has 1 aromatic carbocycles. The van der Waals surface area contributed by atoms with Crippen LogP contribution in [0.3, 0.4) is 0 Å². The fourth-order valence-corrected chi connectivity index (χ4v) is 6.04. The Morgan fingerprint density at radius 3 is 2.44 bits per heavy atom. The molecular formula is C14H24O2Si2. The Balaban J connectivity index is 2.18. The summed E-state index contributed by atoms with van der Waals surface area (Å²) >= 11 is 0. The summed E-state index contributed by atoms with van der Waals surface area (Å²) in [7, 11) is -2.14. The van der Waals surface area contributed by atoms with E-state index in [9.17, 15) is 0 Å². The Morgan fingerprint density at radius 1 is 1.17 bits per heavy atom. The fraction of sp³-hybridized carbons (Fsp3) is 0.571. The van der Waals surface area contributed by atoms with E-state index in [1.165, 1.54) is 18.4 Å².